The van der Waals surface area contributed by atoms with E-state index in [9.17, 15) is 21.6 Å². The number of halogens is 3. The van der Waals surface area contributed by atoms with Crippen LogP contribution in [0.5, 0.6) is 0 Å². The first-order valence-electron chi connectivity index (χ1n) is 9.43. The summed E-state index contributed by atoms with van der Waals surface area (Å²) in [6.45, 7) is 0. The number of alkyl halides is 3. The van der Waals surface area contributed by atoms with Crippen molar-refractivity contribution in [1.82, 2.24) is 19.9 Å². The van der Waals surface area contributed by atoms with Crippen LogP contribution in [-0.4, -0.2) is 41.7 Å². The van der Waals surface area contributed by atoms with Crippen molar-refractivity contribution in [2.24, 2.45) is 0 Å². The molecule has 0 fully saturated rings. The first-order valence-corrected chi connectivity index (χ1v) is 11.3. The van der Waals surface area contributed by atoms with Crippen LogP contribution < -0.4 is 9.62 Å². The summed E-state index contributed by atoms with van der Waals surface area (Å²) in [5.41, 5.74) is -0.237. The molecule has 0 saturated heterocycles. The van der Waals surface area contributed by atoms with E-state index in [1.807, 2.05) is 6.07 Å². The Hall–Kier alpha value is -3.79. The highest BCUT2D eigenvalue weighted by molar-refractivity contribution is 7.92. The Morgan fingerprint density at radius 2 is 1.88 bits per heavy atom. The molecule has 33 heavy (non-hydrogen) atoms. The lowest BCUT2D eigenvalue weighted by atomic mass is 10.1. The number of nitrogens with one attached hydrogen (secondary N) is 1. The van der Waals surface area contributed by atoms with Crippen LogP contribution in [0.1, 0.15) is 22.5 Å². The Morgan fingerprint density at radius 1 is 1.12 bits per heavy atom. The fourth-order valence-electron chi connectivity index (χ4n) is 2.89. The molecule has 0 spiro atoms. The van der Waals surface area contributed by atoms with Gasteiger partial charge in [0.2, 0.25) is 16.0 Å². The number of hydrogen-bond donors (Lipinski definition) is 1. The summed E-state index contributed by atoms with van der Waals surface area (Å²) in [5.74, 6) is 0.0498. The van der Waals surface area contributed by atoms with Crippen LogP contribution in [0, 0.1) is 11.3 Å². The summed E-state index contributed by atoms with van der Waals surface area (Å²) in [6, 6.07) is 8.00. The molecule has 3 aromatic heterocycles. The third-order valence-electron chi connectivity index (χ3n) is 4.60. The van der Waals surface area contributed by atoms with Gasteiger partial charge >= 0.3 is 6.18 Å². The molecule has 3 aromatic rings. The Balaban J connectivity index is 1.90. The van der Waals surface area contributed by atoms with Crippen LogP contribution in [0.25, 0.3) is 0 Å². The lowest BCUT2D eigenvalue weighted by Gasteiger charge is -2.19. The molecule has 0 amide bonds. The van der Waals surface area contributed by atoms with Gasteiger partial charge in [-0.1, -0.05) is 6.07 Å². The van der Waals surface area contributed by atoms with E-state index in [1.165, 1.54) is 31.6 Å². The van der Waals surface area contributed by atoms with Crippen molar-refractivity contribution >= 4 is 27.5 Å². The first kappa shape index (κ1) is 23.9. The number of nitrogens with zero attached hydrogens (tertiary/aromatic N) is 6. The Kier molecular flexibility index (Phi) is 6.78. The minimum Gasteiger partial charge on any atom is -0.323 e. The van der Waals surface area contributed by atoms with Crippen LogP contribution in [0.3, 0.4) is 0 Å². The molecule has 0 aliphatic carbocycles. The highest BCUT2D eigenvalue weighted by Crippen LogP contribution is 2.32. The average Bonchev–Trinajstić information content (AvgIpc) is 2.76. The fourth-order valence-corrected chi connectivity index (χ4v) is 3.37. The Labute approximate surface area is 188 Å². The molecule has 0 radical (unpaired) electrons. The zero-order valence-electron chi connectivity index (χ0n) is 17.5. The van der Waals surface area contributed by atoms with Gasteiger partial charge in [0.1, 0.15) is 17.6 Å². The van der Waals surface area contributed by atoms with Crippen LogP contribution >= 0.6 is 0 Å². The summed E-state index contributed by atoms with van der Waals surface area (Å²) in [7, 11) is -2.29. The highest BCUT2D eigenvalue weighted by Gasteiger charge is 2.35. The summed E-state index contributed by atoms with van der Waals surface area (Å²) < 4.78 is 65.4. The summed E-state index contributed by atoms with van der Waals surface area (Å²) in [6.07, 6.45) is -0.329. The van der Waals surface area contributed by atoms with E-state index in [2.05, 4.69) is 25.3 Å². The van der Waals surface area contributed by atoms with Gasteiger partial charge in [-0.3, -0.25) is 4.31 Å². The maximum Gasteiger partial charge on any atom is 0.419 e. The fraction of sp³-hybridized carbons (Fsp3) is 0.250. The number of pyridine rings is 2. The van der Waals surface area contributed by atoms with Crippen molar-refractivity contribution in [3.05, 3.63) is 65.4 Å². The molecule has 0 saturated carbocycles. The predicted octanol–water partition coefficient (Wildman–Crippen LogP) is 3.08. The summed E-state index contributed by atoms with van der Waals surface area (Å²) in [5, 5.41) is 11.6. The number of rotatable bonds is 7. The predicted molar refractivity (Wildman–Crippen MR) is 114 cm³/mol. The number of aromatic nitrogens is 4. The van der Waals surface area contributed by atoms with Crippen LogP contribution in [0.15, 0.2) is 42.9 Å². The third-order valence-corrected chi connectivity index (χ3v) is 5.77. The van der Waals surface area contributed by atoms with E-state index in [0.717, 1.165) is 10.6 Å². The quantitative estimate of drug-likeness (QED) is 0.550. The largest absolute Gasteiger partial charge is 0.419 e. The van der Waals surface area contributed by atoms with Gasteiger partial charge in [-0.15, -0.1) is 0 Å². The number of hydrogen-bond acceptors (Lipinski definition) is 8. The first-order chi connectivity index (χ1) is 15.5. The maximum atomic E-state index is 13.5. The Morgan fingerprint density at radius 3 is 2.48 bits per heavy atom. The van der Waals surface area contributed by atoms with E-state index in [0.29, 0.717) is 17.4 Å². The molecule has 0 bridgehead atoms. The highest BCUT2D eigenvalue weighted by atomic mass is 32.2. The van der Waals surface area contributed by atoms with Gasteiger partial charge in [-0.25, -0.2) is 28.4 Å². The molecule has 0 aliphatic heterocycles. The van der Waals surface area contributed by atoms with Crippen molar-refractivity contribution in [1.29, 1.82) is 5.26 Å². The van der Waals surface area contributed by atoms with Gasteiger partial charge in [-0.2, -0.15) is 18.4 Å². The Bertz CT molecular complexity index is 1290. The van der Waals surface area contributed by atoms with Crippen molar-refractivity contribution in [3.8, 4) is 6.07 Å². The topological polar surface area (TPSA) is 125 Å². The van der Waals surface area contributed by atoms with Crippen molar-refractivity contribution in [2.45, 2.75) is 19.0 Å². The zero-order valence-corrected chi connectivity index (χ0v) is 18.3. The molecule has 1 N–H and O–H groups in total. The van der Waals surface area contributed by atoms with Crippen molar-refractivity contribution in [2.75, 3.05) is 22.9 Å². The van der Waals surface area contributed by atoms with Gasteiger partial charge < -0.3 is 5.32 Å². The minimum absolute atomic E-state index is 0.0565. The van der Waals surface area contributed by atoms with Gasteiger partial charge in [0.05, 0.1) is 29.4 Å². The SMILES string of the molecule is CN(c1ncccc1CCc1nc(Nc2ccc(C#N)nc2)ncc1C(F)(F)F)S(C)(=O)=O. The maximum absolute atomic E-state index is 13.5. The molecule has 0 atom stereocenters. The second-order valence-electron chi connectivity index (χ2n) is 6.94. The van der Waals surface area contributed by atoms with Gasteiger partial charge in [0.15, 0.2) is 0 Å². The molecule has 3 rings (SSSR count). The summed E-state index contributed by atoms with van der Waals surface area (Å²) >= 11 is 0. The molecule has 0 aromatic carbocycles. The second kappa shape index (κ2) is 9.37. The molecular weight excluding hydrogens is 459 g/mol. The van der Waals surface area contributed by atoms with Crippen molar-refractivity contribution < 1.29 is 21.6 Å². The van der Waals surface area contributed by atoms with Crippen LogP contribution in [0.2, 0.25) is 0 Å². The number of sulfonamides is 1. The van der Waals surface area contributed by atoms with Crippen molar-refractivity contribution in [3.63, 3.8) is 0 Å². The third kappa shape index (κ3) is 5.92. The molecular formula is C20H18F3N7O2S. The van der Waals surface area contributed by atoms with Crippen LogP contribution in [-0.2, 0) is 29.0 Å². The summed E-state index contributed by atoms with van der Waals surface area (Å²) in [4.78, 5) is 15.7. The van der Waals surface area contributed by atoms with E-state index < -0.39 is 21.8 Å². The second-order valence-corrected chi connectivity index (χ2v) is 8.95. The molecule has 9 nitrogen and oxygen atoms in total. The van der Waals surface area contributed by atoms with Gasteiger partial charge in [0.25, 0.3) is 0 Å². The molecule has 172 valence electrons. The van der Waals surface area contributed by atoms with Gasteiger partial charge in [0, 0.05) is 19.4 Å². The normalized spacial score (nSPS) is 11.6. The monoisotopic (exact) mass is 477 g/mol. The molecule has 13 heteroatoms. The lowest BCUT2D eigenvalue weighted by Crippen LogP contribution is -2.27. The molecule has 3 heterocycles. The zero-order chi connectivity index (χ0) is 24.2. The van der Waals surface area contributed by atoms with E-state index >= 15 is 0 Å². The van der Waals surface area contributed by atoms with E-state index in [1.54, 1.807) is 12.1 Å². The van der Waals surface area contributed by atoms with Crippen LogP contribution in [0.4, 0.5) is 30.6 Å². The number of nitriles is 1. The smallest absolute Gasteiger partial charge is 0.323 e. The van der Waals surface area contributed by atoms with E-state index in [-0.39, 0.29) is 36.0 Å². The van der Waals surface area contributed by atoms with E-state index in [4.69, 9.17) is 5.26 Å². The lowest BCUT2D eigenvalue weighted by molar-refractivity contribution is -0.138. The average molecular weight is 477 g/mol. The molecule has 0 unspecified atom stereocenters. The standard InChI is InChI=1S/C20H18F3N7O2S/c1-30(33(2,31)32)18-13(4-3-9-25-18)5-8-17-16(20(21,22)23)12-27-19(29-17)28-15-7-6-14(10-24)26-11-15/h3-4,6-7,9,11-12H,5,8H2,1-2H3,(H,27,28,29). The number of anilines is 3. The minimum atomic E-state index is -4.68. The molecule has 0 aliphatic rings. The van der Waals surface area contributed by atoms with Gasteiger partial charge in [-0.05, 0) is 36.6 Å². The number of aryl methyl sites for hydroxylation is 2.